The summed E-state index contributed by atoms with van der Waals surface area (Å²) in [7, 11) is 1.69. The maximum atomic E-state index is 6.16. The van der Waals surface area contributed by atoms with Gasteiger partial charge in [-0.2, -0.15) is 0 Å². The summed E-state index contributed by atoms with van der Waals surface area (Å²) >= 11 is 0. The van der Waals surface area contributed by atoms with Crippen molar-refractivity contribution in [1.29, 1.82) is 0 Å². The summed E-state index contributed by atoms with van der Waals surface area (Å²) in [6, 6.07) is 14.3. The molecule has 0 spiro atoms. The highest BCUT2D eigenvalue weighted by Crippen LogP contribution is 2.27. The second-order valence-electron chi connectivity index (χ2n) is 7.74. The van der Waals surface area contributed by atoms with Crippen molar-refractivity contribution in [2.24, 2.45) is 0 Å². The molecule has 5 rings (SSSR count). The van der Waals surface area contributed by atoms with Gasteiger partial charge in [0.1, 0.15) is 11.6 Å². The number of nitrogens with two attached hydrogens (primary N) is 1. The summed E-state index contributed by atoms with van der Waals surface area (Å²) in [6.07, 6.45) is 1.74. The molecule has 0 radical (unpaired) electrons. The van der Waals surface area contributed by atoms with E-state index in [0.717, 1.165) is 48.8 Å². The molecular formula is C23H25N7O. The van der Waals surface area contributed by atoms with Crippen LogP contribution in [0.25, 0.3) is 22.6 Å². The van der Waals surface area contributed by atoms with Crippen molar-refractivity contribution in [3.8, 4) is 17.3 Å². The molecule has 1 aliphatic heterocycles. The summed E-state index contributed by atoms with van der Waals surface area (Å²) in [4.78, 5) is 21.8. The Bertz CT molecular complexity index is 1230. The van der Waals surface area contributed by atoms with Crippen LogP contribution in [0.5, 0.6) is 5.75 Å². The number of methoxy groups -OCH3 is 1. The molecule has 1 fully saturated rings. The first-order chi connectivity index (χ1) is 15.1. The van der Waals surface area contributed by atoms with Crippen molar-refractivity contribution in [3.63, 3.8) is 0 Å². The molecule has 3 heterocycles. The van der Waals surface area contributed by atoms with Crippen LogP contribution in [-0.2, 0) is 0 Å². The molecule has 2 aromatic carbocycles. The van der Waals surface area contributed by atoms with E-state index in [9.17, 15) is 0 Å². The Morgan fingerprint density at radius 2 is 1.81 bits per heavy atom. The van der Waals surface area contributed by atoms with E-state index in [4.69, 9.17) is 15.5 Å². The topological polar surface area (TPSA) is 96.2 Å². The van der Waals surface area contributed by atoms with Gasteiger partial charge in [-0.05, 0) is 36.8 Å². The van der Waals surface area contributed by atoms with E-state index in [0.29, 0.717) is 17.3 Å². The second-order valence-corrected chi connectivity index (χ2v) is 7.74. The molecule has 0 atom stereocenters. The molecule has 3 N–H and O–H groups in total. The summed E-state index contributed by atoms with van der Waals surface area (Å²) in [5, 5.41) is 0. The van der Waals surface area contributed by atoms with E-state index < -0.39 is 0 Å². The van der Waals surface area contributed by atoms with Gasteiger partial charge >= 0.3 is 0 Å². The lowest BCUT2D eigenvalue weighted by Gasteiger charge is -2.36. The lowest BCUT2D eigenvalue weighted by molar-refractivity contribution is 0.414. The fourth-order valence-electron chi connectivity index (χ4n) is 3.95. The predicted octanol–water partition coefficient (Wildman–Crippen LogP) is 3.25. The Hall–Kier alpha value is -3.81. The SMILES string of the molecule is COc1cccc(N2CCN(c3cnc(N)c(-c4nc5ccc(C)cc5[nH]4)n3)CC2)c1. The number of fused-ring (bicyclic) bond motifs is 1. The van der Waals surface area contributed by atoms with Crippen molar-refractivity contribution >= 4 is 28.4 Å². The zero-order valence-corrected chi connectivity index (χ0v) is 17.7. The number of aromatic amines is 1. The van der Waals surface area contributed by atoms with E-state index >= 15 is 0 Å². The van der Waals surface area contributed by atoms with Gasteiger partial charge in [-0.1, -0.05) is 12.1 Å². The zero-order chi connectivity index (χ0) is 21.4. The maximum Gasteiger partial charge on any atom is 0.161 e. The van der Waals surface area contributed by atoms with Crippen LogP contribution in [0.3, 0.4) is 0 Å². The lowest BCUT2D eigenvalue weighted by Crippen LogP contribution is -2.46. The van der Waals surface area contributed by atoms with E-state index in [-0.39, 0.29) is 0 Å². The molecule has 0 bridgehead atoms. The van der Waals surface area contributed by atoms with Crippen molar-refractivity contribution < 1.29 is 4.74 Å². The van der Waals surface area contributed by atoms with Gasteiger partial charge in [0, 0.05) is 37.9 Å². The fourth-order valence-corrected chi connectivity index (χ4v) is 3.95. The number of aromatic nitrogens is 4. The van der Waals surface area contributed by atoms with E-state index in [1.807, 2.05) is 24.3 Å². The third-order valence-electron chi connectivity index (χ3n) is 5.67. The van der Waals surface area contributed by atoms with E-state index in [1.165, 1.54) is 11.3 Å². The quantitative estimate of drug-likeness (QED) is 0.528. The summed E-state index contributed by atoms with van der Waals surface area (Å²) in [5.74, 6) is 2.69. The third kappa shape index (κ3) is 3.72. The highest BCUT2D eigenvalue weighted by Gasteiger charge is 2.21. The highest BCUT2D eigenvalue weighted by molar-refractivity contribution is 5.81. The maximum absolute atomic E-state index is 6.16. The molecule has 0 aliphatic carbocycles. The van der Waals surface area contributed by atoms with Crippen molar-refractivity contribution in [3.05, 3.63) is 54.2 Å². The molecule has 31 heavy (non-hydrogen) atoms. The average molecular weight is 416 g/mol. The minimum atomic E-state index is 0.370. The Morgan fingerprint density at radius 1 is 1.00 bits per heavy atom. The number of hydrogen-bond acceptors (Lipinski definition) is 7. The van der Waals surface area contributed by atoms with Crippen LogP contribution < -0.4 is 20.3 Å². The normalized spacial score (nSPS) is 14.3. The standard InChI is InChI=1S/C23H25N7O/c1-15-6-7-18-19(12-15)27-23(26-18)21-22(24)25-14-20(28-21)30-10-8-29(9-11-30)16-4-3-5-17(13-16)31-2/h3-7,12-14H,8-11H2,1-2H3,(H2,24,25)(H,26,27). The average Bonchev–Trinajstić information content (AvgIpc) is 3.22. The number of anilines is 3. The van der Waals surface area contributed by atoms with Gasteiger partial charge in [-0.3, -0.25) is 0 Å². The molecule has 0 saturated carbocycles. The second kappa shape index (κ2) is 7.79. The largest absolute Gasteiger partial charge is 0.497 e. The minimum absolute atomic E-state index is 0.370. The summed E-state index contributed by atoms with van der Waals surface area (Å²) in [5.41, 5.74) is 10.9. The molecular weight excluding hydrogens is 390 g/mol. The van der Waals surface area contributed by atoms with Crippen LogP contribution >= 0.6 is 0 Å². The van der Waals surface area contributed by atoms with E-state index in [1.54, 1.807) is 13.3 Å². The van der Waals surface area contributed by atoms with Crippen LogP contribution in [0.4, 0.5) is 17.3 Å². The van der Waals surface area contributed by atoms with Crippen LogP contribution in [0.1, 0.15) is 5.56 Å². The van der Waals surface area contributed by atoms with Crippen molar-refractivity contribution in [2.45, 2.75) is 6.92 Å². The summed E-state index contributed by atoms with van der Waals surface area (Å²) < 4.78 is 5.35. The van der Waals surface area contributed by atoms with Crippen LogP contribution in [0, 0.1) is 6.92 Å². The van der Waals surface area contributed by atoms with E-state index in [2.05, 4.69) is 49.9 Å². The first-order valence-electron chi connectivity index (χ1n) is 10.3. The van der Waals surface area contributed by atoms with Gasteiger partial charge < -0.3 is 25.3 Å². The first kappa shape index (κ1) is 19.2. The Morgan fingerprint density at radius 3 is 2.61 bits per heavy atom. The Labute approximate surface area is 180 Å². The molecule has 0 unspecified atom stereocenters. The molecule has 1 aliphatic rings. The molecule has 2 aromatic heterocycles. The number of rotatable bonds is 4. The number of benzene rings is 2. The van der Waals surface area contributed by atoms with Gasteiger partial charge in [-0.25, -0.2) is 15.0 Å². The molecule has 0 amide bonds. The van der Waals surface area contributed by atoms with Gasteiger partial charge in [0.2, 0.25) is 0 Å². The van der Waals surface area contributed by atoms with Gasteiger partial charge in [-0.15, -0.1) is 0 Å². The number of hydrogen-bond donors (Lipinski definition) is 2. The van der Waals surface area contributed by atoms with Crippen molar-refractivity contribution in [1.82, 2.24) is 19.9 Å². The van der Waals surface area contributed by atoms with Crippen LogP contribution in [0.2, 0.25) is 0 Å². The number of imidazole rings is 1. The minimum Gasteiger partial charge on any atom is -0.497 e. The molecule has 1 saturated heterocycles. The number of nitrogen functional groups attached to an aromatic ring is 1. The third-order valence-corrected chi connectivity index (χ3v) is 5.67. The molecule has 4 aromatic rings. The zero-order valence-electron chi connectivity index (χ0n) is 17.7. The van der Waals surface area contributed by atoms with Gasteiger partial charge in [0.25, 0.3) is 0 Å². The van der Waals surface area contributed by atoms with Gasteiger partial charge in [0.05, 0.1) is 24.3 Å². The monoisotopic (exact) mass is 415 g/mol. The Kier molecular flexibility index (Phi) is 4.82. The highest BCUT2D eigenvalue weighted by atomic mass is 16.5. The smallest absolute Gasteiger partial charge is 0.161 e. The number of nitrogens with zero attached hydrogens (tertiary/aromatic N) is 5. The number of H-pyrrole nitrogens is 1. The lowest BCUT2D eigenvalue weighted by atomic mass is 10.2. The first-order valence-corrected chi connectivity index (χ1v) is 10.3. The van der Waals surface area contributed by atoms with Crippen LogP contribution in [-0.4, -0.2) is 53.2 Å². The molecule has 8 heteroatoms. The fraction of sp³-hybridized carbons (Fsp3) is 0.261. The van der Waals surface area contributed by atoms with Crippen LogP contribution in [0.15, 0.2) is 48.7 Å². The molecule has 158 valence electrons. The molecule has 8 nitrogen and oxygen atoms in total. The number of aryl methyl sites for hydroxylation is 1. The Balaban J connectivity index is 1.36. The number of piperazine rings is 1. The van der Waals surface area contributed by atoms with Crippen molar-refractivity contribution in [2.75, 3.05) is 48.8 Å². The number of nitrogens with one attached hydrogen (secondary N) is 1. The number of ether oxygens (including phenoxy) is 1. The summed E-state index contributed by atoms with van der Waals surface area (Å²) in [6.45, 7) is 5.51. The van der Waals surface area contributed by atoms with Gasteiger partial charge in [0.15, 0.2) is 17.3 Å². The predicted molar refractivity (Wildman–Crippen MR) is 124 cm³/mol.